The molecule has 150 valence electrons. The summed E-state index contributed by atoms with van der Waals surface area (Å²) in [6.07, 6.45) is 2.69. The molecule has 1 aliphatic carbocycles. The predicted octanol–water partition coefficient (Wildman–Crippen LogP) is 3.83. The quantitative estimate of drug-likeness (QED) is 0.455. The standard InChI is InChI=1S/C21H23N5O3/c1-2-12-9-16(21(28)29)20(27)23-19(12)13-3-6-15(7-4-13)26-10-14-5-8-18(24-25-22)17(14)11-26/h3-4,6-7,9,14,17-18H,2,5,8,10-11H2,1H3,(H,23,27)(H,28,29)/t14-,17+,18+/m1/s1. The van der Waals surface area contributed by atoms with Crippen LogP contribution >= 0.6 is 0 Å². The van der Waals surface area contributed by atoms with E-state index in [4.69, 9.17) is 5.53 Å². The molecule has 0 spiro atoms. The summed E-state index contributed by atoms with van der Waals surface area (Å²) in [5, 5.41) is 13.1. The van der Waals surface area contributed by atoms with Crippen LogP contribution in [0.2, 0.25) is 0 Å². The van der Waals surface area contributed by atoms with Crippen molar-refractivity contribution in [2.45, 2.75) is 32.2 Å². The first-order chi connectivity index (χ1) is 14.0. The second-order valence-electron chi connectivity index (χ2n) is 7.80. The first kappa shape index (κ1) is 19.1. The summed E-state index contributed by atoms with van der Waals surface area (Å²) in [6, 6.07) is 9.53. The Morgan fingerprint density at radius 2 is 2.07 bits per heavy atom. The number of azide groups is 1. The van der Waals surface area contributed by atoms with Crippen LogP contribution in [0.15, 0.2) is 40.2 Å². The molecule has 3 atom stereocenters. The molecule has 8 nitrogen and oxygen atoms in total. The van der Waals surface area contributed by atoms with E-state index >= 15 is 0 Å². The third-order valence-electron chi connectivity index (χ3n) is 6.27. The monoisotopic (exact) mass is 393 g/mol. The highest BCUT2D eigenvalue weighted by Gasteiger charge is 2.42. The predicted molar refractivity (Wildman–Crippen MR) is 110 cm³/mol. The summed E-state index contributed by atoms with van der Waals surface area (Å²) in [6.45, 7) is 3.78. The molecule has 2 heterocycles. The molecular formula is C21H23N5O3. The Balaban J connectivity index is 1.58. The smallest absolute Gasteiger partial charge is 0.341 e. The van der Waals surface area contributed by atoms with Crippen molar-refractivity contribution in [3.8, 4) is 11.3 Å². The topological polar surface area (TPSA) is 122 Å². The molecule has 1 saturated heterocycles. The number of fused-ring (bicyclic) bond motifs is 1. The van der Waals surface area contributed by atoms with Gasteiger partial charge in [0.1, 0.15) is 5.56 Å². The van der Waals surface area contributed by atoms with E-state index in [1.165, 1.54) is 6.07 Å². The number of H-pyrrole nitrogens is 1. The van der Waals surface area contributed by atoms with Crippen LogP contribution in [0.25, 0.3) is 21.7 Å². The number of rotatable bonds is 5. The first-order valence-corrected chi connectivity index (χ1v) is 9.91. The second kappa shape index (κ2) is 7.64. The maximum Gasteiger partial charge on any atom is 0.341 e. The molecule has 1 aliphatic heterocycles. The van der Waals surface area contributed by atoms with E-state index in [-0.39, 0.29) is 11.6 Å². The lowest BCUT2D eigenvalue weighted by atomic mass is 9.98. The van der Waals surface area contributed by atoms with Gasteiger partial charge in [0.15, 0.2) is 0 Å². The average molecular weight is 393 g/mol. The van der Waals surface area contributed by atoms with Gasteiger partial charge in [-0.1, -0.05) is 24.2 Å². The third kappa shape index (κ3) is 3.47. The molecule has 2 N–H and O–H groups in total. The zero-order chi connectivity index (χ0) is 20.5. The van der Waals surface area contributed by atoms with Gasteiger partial charge in [0.25, 0.3) is 5.56 Å². The molecule has 2 aliphatic rings. The van der Waals surface area contributed by atoms with Crippen molar-refractivity contribution in [1.29, 1.82) is 0 Å². The van der Waals surface area contributed by atoms with Crippen molar-refractivity contribution in [3.05, 3.63) is 62.3 Å². The molecular weight excluding hydrogens is 370 g/mol. The molecule has 1 aromatic carbocycles. The summed E-state index contributed by atoms with van der Waals surface area (Å²) in [5.74, 6) is -0.240. The average Bonchev–Trinajstić information content (AvgIpc) is 3.30. The summed E-state index contributed by atoms with van der Waals surface area (Å²) < 4.78 is 0. The lowest BCUT2D eigenvalue weighted by Crippen LogP contribution is -2.23. The van der Waals surface area contributed by atoms with E-state index in [0.29, 0.717) is 24.0 Å². The summed E-state index contributed by atoms with van der Waals surface area (Å²) in [7, 11) is 0. The van der Waals surface area contributed by atoms with Crippen molar-refractivity contribution in [1.82, 2.24) is 4.98 Å². The number of nitrogens with one attached hydrogen (secondary N) is 1. The van der Waals surface area contributed by atoms with Crippen LogP contribution in [0.3, 0.4) is 0 Å². The van der Waals surface area contributed by atoms with Crippen molar-refractivity contribution in [2.24, 2.45) is 17.0 Å². The number of hydrogen-bond acceptors (Lipinski definition) is 4. The number of carboxylic acid groups (broad SMARTS) is 1. The van der Waals surface area contributed by atoms with Crippen LogP contribution in [0, 0.1) is 11.8 Å². The van der Waals surface area contributed by atoms with Crippen molar-refractivity contribution in [2.75, 3.05) is 18.0 Å². The van der Waals surface area contributed by atoms with Gasteiger partial charge in [0.05, 0.1) is 5.69 Å². The largest absolute Gasteiger partial charge is 0.477 e. The number of pyridine rings is 1. The van der Waals surface area contributed by atoms with Crippen molar-refractivity contribution >= 4 is 11.7 Å². The Labute approximate surface area is 167 Å². The number of benzene rings is 1. The Morgan fingerprint density at radius 1 is 1.31 bits per heavy atom. The van der Waals surface area contributed by atoms with Crippen LogP contribution in [0.4, 0.5) is 5.69 Å². The molecule has 8 heteroatoms. The number of anilines is 1. The molecule has 4 rings (SSSR count). The Hall–Kier alpha value is -3.25. The van der Waals surface area contributed by atoms with Crippen LogP contribution in [-0.4, -0.2) is 35.2 Å². The van der Waals surface area contributed by atoms with E-state index in [9.17, 15) is 14.7 Å². The fraction of sp³-hybridized carbons (Fsp3) is 0.429. The lowest BCUT2D eigenvalue weighted by Gasteiger charge is -2.21. The molecule has 1 saturated carbocycles. The van der Waals surface area contributed by atoms with Crippen LogP contribution in [0.1, 0.15) is 35.7 Å². The number of carbonyl (C=O) groups is 1. The number of aromatic nitrogens is 1. The molecule has 0 unspecified atom stereocenters. The molecule has 1 aromatic heterocycles. The molecule has 2 aromatic rings. The van der Waals surface area contributed by atoms with E-state index in [1.54, 1.807) is 0 Å². The summed E-state index contributed by atoms with van der Waals surface area (Å²) in [4.78, 5) is 31.4. The lowest BCUT2D eigenvalue weighted by molar-refractivity contribution is 0.0695. The fourth-order valence-electron chi connectivity index (χ4n) is 4.76. The number of aryl methyl sites for hydroxylation is 1. The third-order valence-corrected chi connectivity index (χ3v) is 6.27. The van der Waals surface area contributed by atoms with Gasteiger partial charge in [0, 0.05) is 29.7 Å². The van der Waals surface area contributed by atoms with Crippen molar-refractivity contribution in [3.63, 3.8) is 0 Å². The molecule has 29 heavy (non-hydrogen) atoms. The van der Waals surface area contributed by atoms with E-state index in [1.807, 2.05) is 31.2 Å². The van der Waals surface area contributed by atoms with Gasteiger partial charge in [-0.3, -0.25) is 4.79 Å². The van der Waals surface area contributed by atoms with Crippen LogP contribution in [-0.2, 0) is 6.42 Å². The van der Waals surface area contributed by atoms with Gasteiger partial charge in [-0.15, -0.1) is 0 Å². The molecule has 0 bridgehead atoms. The highest BCUT2D eigenvalue weighted by atomic mass is 16.4. The Bertz CT molecular complexity index is 1040. The minimum Gasteiger partial charge on any atom is -0.477 e. The zero-order valence-corrected chi connectivity index (χ0v) is 16.2. The molecule has 2 fully saturated rings. The Kier molecular flexibility index (Phi) is 5.03. The summed E-state index contributed by atoms with van der Waals surface area (Å²) in [5.41, 5.74) is 11.3. The molecule has 0 amide bonds. The number of nitrogens with zero attached hydrogens (tertiary/aromatic N) is 4. The van der Waals surface area contributed by atoms with Gasteiger partial charge < -0.3 is 15.0 Å². The molecule has 0 radical (unpaired) electrons. The number of aromatic carboxylic acids is 1. The summed E-state index contributed by atoms with van der Waals surface area (Å²) >= 11 is 0. The highest BCUT2D eigenvalue weighted by Crippen LogP contribution is 2.41. The maximum absolute atomic E-state index is 12.1. The maximum atomic E-state index is 12.1. The Morgan fingerprint density at radius 3 is 2.72 bits per heavy atom. The van der Waals surface area contributed by atoms with Crippen LogP contribution < -0.4 is 10.5 Å². The van der Waals surface area contributed by atoms with Gasteiger partial charge in [-0.2, -0.15) is 0 Å². The van der Waals surface area contributed by atoms with Gasteiger partial charge >= 0.3 is 5.97 Å². The van der Waals surface area contributed by atoms with E-state index < -0.39 is 11.5 Å². The SMILES string of the molecule is CCc1cc(C(=O)O)c(=O)[nH]c1-c1ccc(N2C[C@H]3CC[C@H](N=[N+]=[N-])[C@H]3C2)cc1. The minimum atomic E-state index is -1.22. The zero-order valence-electron chi connectivity index (χ0n) is 16.2. The van der Waals surface area contributed by atoms with Gasteiger partial charge in [-0.05, 0) is 66.0 Å². The van der Waals surface area contributed by atoms with E-state index in [0.717, 1.165) is 42.7 Å². The normalized spacial score (nSPS) is 22.9. The van der Waals surface area contributed by atoms with Crippen molar-refractivity contribution < 1.29 is 9.90 Å². The minimum absolute atomic E-state index is 0.0965. The fourth-order valence-corrected chi connectivity index (χ4v) is 4.76. The van der Waals surface area contributed by atoms with Crippen LogP contribution in [0.5, 0.6) is 0 Å². The first-order valence-electron chi connectivity index (χ1n) is 9.91. The van der Waals surface area contributed by atoms with E-state index in [2.05, 4.69) is 19.9 Å². The number of hydrogen-bond donors (Lipinski definition) is 2. The highest BCUT2D eigenvalue weighted by molar-refractivity contribution is 5.88. The van der Waals surface area contributed by atoms with Gasteiger partial charge in [-0.25, -0.2) is 4.79 Å². The number of carboxylic acids is 1. The van der Waals surface area contributed by atoms with Gasteiger partial charge in [0.2, 0.25) is 0 Å². The second-order valence-corrected chi connectivity index (χ2v) is 7.80. The number of aromatic amines is 1.